The number of ether oxygens (including phenoxy) is 3. The molecule has 0 aliphatic heterocycles. The number of hydrogen-bond donors (Lipinski definition) is 4. The van der Waals surface area contributed by atoms with Gasteiger partial charge in [0, 0.05) is 23.0 Å². The van der Waals surface area contributed by atoms with Gasteiger partial charge in [0.2, 0.25) is 5.95 Å². The van der Waals surface area contributed by atoms with Crippen molar-refractivity contribution in [1.29, 1.82) is 0 Å². The molecule has 66 heavy (non-hydrogen) atoms. The molecule has 0 saturated heterocycles. The third kappa shape index (κ3) is 13.5. The number of carboxylic acids is 2. The Bertz CT molecular complexity index is 2940. The predicted octanol–water partition coefficient (Wildman–Crippen LogP) is 6.05. The maximum atomic E-state index is 14.2. The number of sulfonamides is 1. The number of urea groups is 1. The molecule has 4 N–H and O–H groups in total. The average Bonchev–Trinajstić information content (AvgIpc) is 3.87. The van der Waals surface area contributed by atoms with Crippen LogP contribution in [-0.2, 0) is 30.8 Å². The SMILES string of the molecule is CCOC(=O)C(Cl)Cc1cc(-n2nc(C)n(C(F)F)c2=O)c(F)cc1Cl.COc1nc(C)nc(NC(=O)NS(=O)(=O)c2ccsc2C(=O)O)n1.O=C(O)COc1ccc(Cl)c2cccnc12. The van der Waals surface area contributed by atoms with Crippen LogP contribution in [0.3, 0.4) is 0 Å². The van der Waals surface area contributed by atoms with E-state index in [2.05, 4.69) is 30.4 Å². The molecule has 6 rings (SSSR count). The molecule has 4 heterocycles. The van der Waals surface area contributed by atoms with Gasteiger partial charge in [0.05, 0.1) is 18.7 Å². The number of aryl methyl sites for hydroxylation is 2. The Hall–Kier alpha value is -6.61. The molecular weight excluding hydrogens is 990 g/mol. The molecule has 0 radical (unpaired) electrons. The number of esters is 1. The van der Waals surface area contributed by atoms with Crippen molar-refractivity contribution in [1.82, 2.24) is 39.0 Å². The van der Waals surface area contributed by atoms with Crippen LogP contribution < -0.4 is 25.2 Å². The zero-order valence-corrected chi connectivity index (χ0v) is 38.1. The molecule has 4 aromatic heterocycles. The van der Waals surface area contributed by atoms with Gasteiger partial charge in [-0.1, -0.05) is 23.2 Å². The number of amides is 2. The summed E-state index contributed by atoms with van der Waals surface area (Å²) in [4.78, 5) is 71.5. The molecule has 29 heteroatoms. The number of methoxy groups -OCH3 is 1. The molecule has 2 aromatic carbocycles. The van der Waals surface area contributed by atoms with Crippen LogP contribution in [0.1, 0.15) is 40.4 Å². The van der Waals surface area contributed by atoms with Gasteiger partial charge in [0.25, 0.3) is 10.0 Å². The summed E-state index contributed by atoms with van der Waals surface area (Å²) in [6, 6.07) is 8.72. The molecule has 2 amide bonds. The summed E-state index contributed by atoms with van der Waals surface area (Å²) in [7, 11) is -3.06. The molecule has 6 aromatic rings. The van der Waals surface area contributed by atoms with Crippen molar-refractivity contribution < 1.29 is 65.2 Å². The van der Waals surface area contributed by atoms with Crippen LogP contribution in [0.15, 0.2) is 63.7 Å². The van der Waals surface area contributed by atoms with Crippen LogP contribution in [0.2, 0.25) is 10.0 Å². The summed E-state index contributed by atoms with van der Waals surface area (Å²) >= 11 is 18.6. The Labute approximate surface area is 389 Å². The number of rotatable bonds is 14. The number of halogens is 6. The number of thiophene rings is 1. The number of benzene rings is 2. The number of carboxylic acid groups (broad SMARTS) is 2. The second-order valence-electron chi connectivity index (χ2n) is 12.5. The summed E-state index contributed by atoms with van der Waals surface area (Å²) in [5.74, 6) is -3.93. The van der Waals surface area contributed by atoms with Gasteiger partial charge in [-0.25, -0.2) is 41.3 Å². The number of aliphatic carboxylic acids is 1. The fourth-order valence-electron chi connectivity index (χ4n) is 5.21. The minimum atomic E-state index is -4.37. The molecule has 0 saturated carbocycles. The van der Waals surface area contributed by atoms with Crippen molar-refractivity contribution in [2.75, 3.05) is 25.6 Å². The number of aromatic nitrogens is 7. The zero-order valence-electron chi connectivity index (χ0n) is 34.2. The molecular formula is C37H33Cl3F3N9O12S2. The van der Waals surface area contributed by atoms with Crippen LogP contribution in [0.4, 0.5) is 23.9 Å². The number of nitrogens with zero attached hydrogens (tertiary/aromatic N) is 7. The van der Waals surface area contributed by atoms with Gasteiger partial charge >= 0.3 is 42.2 Å². The average molecular weight is 1020 g/mol. The number of nitrogens with one attached hydrogen (secondary N) is 2. The first-order valence-electron chi connectivity index (χ1n) is 18.1. The largest absolute Gasteiger partial charge is 0.480 e. The molecule has 0 fully saturated rings. The quantitative estimate of drug-likeness (QED) is 0.0713. The van der Waals surface area contributed by atoms with E-state index in [1.165, 1.54) is 26.3 Å². The molecule has 352 valence electrons. The molecule has 1 unspecified atom stereocenters. The Morgan fingerprint density at radius 2 is 1.73 bits per heavy atom. The number of alkyl halides is 3. The first-order chi connectivity index (χ1) is 31.1. The summed E-state index contributed by atoms with van der Waals surface area (Å²) in [5.41, 5.74) is -0.800. The Morgan fingerprint density at radius 1 is 1.02 bits per heavy atom. The first-order valence-corrected chi connectivity index (χ1v) is 21.7. The van der Waals surface area contributed by atoms with Crippen LogP contribution in [0, 0.1) is 19.7 Å². The van der Waals surface area contributed by atoms with E-state index in [4.69, 9.17) is 59.2 Å². The second kappa shape index (κ2) is 23.0. The van der Waals surface area contributed by atoms with E-state index in [0.717, 1.165) is 34.9 Å². The van der Waals surface area contributed by atoms with E-state index in [1.54, 1.807) is 42.1 Å². The molecule has 1 atom stereocenters. The minimum absolute atomic E-state index is 0.0424. The highest BCUT2D eigenvalue weighted by molar-refractivity contribution is 7.90. The Morgan fingerprint density at radius 3 is 2.35 bits per heavy atom. The summed E-state index contributed by atoms with van der Waals surface area (Å²) in [5, 5.41) is 24.7. The highest BCUT2D eigenvalue weighted by atomic mass is 35.5. The number of fused-ring (bicyclic) bond motifs is 1. The lowest BCUT2D eigenvalue weighted by molar-refractivity contribution is -0.142. The van der Waals surface area contributed by atoms with Gasteiger partial charge in [-0.3, -0.25) is 15.1 Å². The topological polar surface area (TPSA) is 286 Å². The fraction of sp³-hybridized carbons (Fsp3) is 0.243. The third-order valence-corrected chi connectivity index (χ3v) is 11.4. The van der Waals surface area contributed by atoms with Crippen molar-refractivity contribution >= 4 is 97.0 Å². The number of aromatic carboxylic acids is 1. The summed E-state index contributed by atoms with van der Waals surface area (Å²) in [6.45, 7) is 0.931. The second-order valence-corrected chi connectivity index (χ2v) is 16.4. The smallest absolute Gasteiger partial charge is 0.355 e. The van der Waals surface area contributed by atoms with Gasteiger partial charge < -0.3 is 24.4 Å². The highest BCUT2D eigenvalue weighted by Crippen LogP contribution is 2.30. The van der Waals surface area contributed by atoms with E-state index in [-0.39, 0.29) is 57.5 Å². The molecule has 0 spiro atoms. The van der Waals surface area contributed by atoms with Crippen molar-refractivity contribution in [3.63, 3.8) is 0 Å². The third-order valence-electron chi connectivity index (χ3n) is 7.97. The summed E-state index contributed by atoms with van der Waals surface area (Å²) < 4.78 is 81.3. The number of carbonyl (C=O) groups excluding carboxylic acids is 2. The molecule has 0 aliphatic carbocycles. The fourth-order valence-corrected chi connectivity index (χ4v) is 8.05. The molecule has 0 aliphatic rings. The van der Waals surface area contributed by atoms with Crippen molar-refractivity contribution in [2.45, 2.75) is 44.0 Å². The lowest BCUT2D eigenvalue weighted by Crippen LogP contribution is -2.35. The minimum Gasteiger partial charge on any atom is -0.480 e. The number of carbonyl (C=O) groups is 4. The lowest BCUT2D eigenvalue weighted by Gasteiger charge is -2.12. The van der Waals surface area contributed by atoms with E-state index in [0.29, 0.717) is 21.0 Å². The molecule has 21 nitrogen and oxygen atoms in total. The van der Waals surface area contributed by atoms with Gasteiger partial charge in [0.1, 0.15) is 43.8 Å². The van der Waals surface area contributed by atoms with E-state index in [9.17, 15) is 45.6 Å². The summed E-state index contributed by atoms with van der Waals surface area (Å²) in [6.07, 6.45) is 1.49. The van der Waals surface area contributed by atoms with Gasteiger partial charge in [-0.05, 0) is 74.2 Å². The first kappa shape index (κ1) is 52.0. The van der Waals surface area contributed by atoms with Gasteiger partial charge in [-0.2, -0.15) is 28.4 Å². The van der Waals surface area contributed by atoms with Gasteiger partial charge in [0.15, 0.2) is 12.4 Å². The molecule has 0 bridgehead atoms. The maximum Gasteiger partial charge on any atom is 0.355 e. The van der Waals surface area contributed by atoms with Crippen LogP contribution in [0.25, 0.3) is 16.6 Å². The van der Waals surface area contributed by atoms with Crippen molar-refractivity contribution in [3.05, 3.63) is 102 Å². The van der Waals surface area contributed by atoms with E-state index in [1.807, 2.05) is 0 Å². The van der Waals surface area contributed by atoms with E-state index < -0.39 is 73.8 Å². The lowest BCUT2D eigenvalue weighted by atomic mass is 10.1. The van der Waals surface area contributed by atoms with Gasteiger partial charge in [-0.15, -0.1) is 28.0 Å². The zero-order chi connectivity index (χ0) is 49.0. The number of hydrogen-bond acceptors (Lipinski definition) is 16. The van der Waals surface area contributed by atoms with Crippen LogP contribution in [0.5, 0.6) is 11.8 Å². The Kier molecular flexibility index (Phi) is 18.1. The predicted molar refractivity (Wildman–Crippen MR) is 230 cm³/mol. The Balaban J connectivity index is 0.000000222. The normalized spacial score (nSPS) is 11.4. The maximum absolute atomic E-state index is 14.2. The van der Waals surface area contributed by atoms with Crippen LogP contribution in [-0.4, -0.2) is 103 Å². The van der Waals surface area contributed by atoms with Crippen LogP contribution >= 0.6 is 46.1 Å². The number of pyridine rings is 1. The number of anilines is 1. The van der Waals surface area contributed by atoms with Crippen molar-refractivity contribution in [3.8, 4) is 17.4 Å². The van der Waals surface area contributed by atoms with Crippen molar-refractivity contribution in [2.24, 2.45) is 0 Å². The highest BCUT2D eigenvalue weighted by Gasteiger charge is 2.27. The standard InChI is InChI=1S/C15H14Cl2F3N3O3.C11H8ClNO3.C11H11N5O6S2/c1-3-26-13(24)10(17)4-8-5-12(11(18)6-9(8)16)23-15(25)22(14(19)20)7(2)21-23;12-8-3-4-9(16-6-10(14)15)11-7(8)2-1-5-13-11;1-5-12-9(15-11(13-5)22-2)14-10(19)16-24(20,21)6-3-4-23-7(6)8(17)18/h5-6,10,14H,3-4H2,1-2H3;1-5H,6H2,(H,14,15);3-4H,1-2H3,(H,17,18)(H2,12,13,14,15,16,19). The van der Waals surface area contributed by atoms with E-state index >= 15 is 0 Å². The monoisotopic (exact) mass is 1020 g/mol.